The van der Waals surface area contributed by atoms with Crippen molar-refractivity contribution in [2.75, 3.05) is 0 Å². The highest BCUT2D eigenvalue weighted by molar-refractivity contribution is 9.11. The molecule has 0 saturated heterocycles. The Kier molecular flexibility index (Phi) is 1.52. The van der Waals surface area contributed by atoms with E-state index in [2.05, 4.69) is 42.8 Å². The maximum Gasteiger partial charge on any atom is -0.00578 e. The summed E-state index contributed by atoms with van der Waals surface area (Å²) in [4.78, 5) is 0. The molecule has 0 aromatic heterocycles. The Bertz CT molecular complexity index is 215. The van der Waals surface area contributed by atoms with Crippen LogP contribution in [0.15, 0.2) is 10.6 Å². The average Bonchev–Trinajstić information content (AvgIpc) is 2.39. The van der Waals surface area contributed by atoms with Crippen LogP contribution in [0.3, 0.4) is 0 Å². The molecule has 0 unspecified atom stereocenters. The summed E-state index contributed by atoms with van der Waals surface area (Å²) in [7, 11) is 0. The summed E-state index contributed by atoms with van der Waals surface area (Å²) in [5, 5.41) is 0. The first-order valence-corrected chi connectivity index (χ1v) is 5.20. The molecule has 0 N–H and O–H groups in total. The van der Waals surface area contributed by atoms with Crippen molar-refractivity contribution in [3.63, 3.8) is 0 Å². The maximum absolute atomic E-state index is 3.63. The van der Waals surface area contributed by atoms with Gasteiger partial charge in [-0.25, -0.2) is 0 Å². The quantitative estimate of drug-likeness (QED) is 0.579. The van der Waals surface area contributed by atoms with Crippen LogP contribution in [0.4, 0.5) is 0 Å². The van der Waals surface area contributed by atoms with Gasteiger partial charge in [0.25, 0.3) is 0 Å². The lowest BCUT2D eigenvalue weighted by Gasteiger charge is -2.14. The van der Waals surface area contributed by atoms with Crippen molar-refractivity contribution < 1.29 is 0 Å². The number of rotatable bonds is 0. The summed E-state index contributed by atoms with van der Waals surface area (Å²) in [6.07, 6.45) is 3.81. The van der Waals surface area contributed by atoms with Crippen LogP contribution >= 0.6 is 15.9 Å². The van der Waals surface area contributed by atoms with Gasteiger partial charge in [0, 0.05) is 0 Å². The van der Waals surface area contributed by atoms with E-state index in [0.29, 0.717) is 5.41 Å². The summed E-state index contributed by atoms with van der Waals surface area (Å²) in [5.74, 6) is 2.60. The van der Waals surface area contributed by atoms with E-state index >= 15 is 0 Å². The molecule has 1 fully saturated rings. The molecule has 2 aliphatic carbocycles. The molecule has 1 heteroatoms. The molecule has 3 atom stereocenters. The predicted octanol–water partition coefficient (Wildman–Crippen LogP) is 3.58. The minimum absolute atomic E-state index is 0.601. The number of allylic oxidation sites excluding steroid dienone is 2. The number of fused-ring (bicyclic) bond motifs is 1. The van der Waals surface area contributed by atoms with E-state index in [-0.39, 0.29) is 0 Å². The molecule has 1 saturated carbocycles. The third kappa shape index (κ3) is 1.00. The van der Waals surface area contributed by atoms with Crippen molar-refractivity contribution in [3.8, 4) is 0 Å². The molecule has 0 bridgehead atoms. The normalized spacial score (nSPS) is 46.2. The SMILES string of the molecule is C[C@@H]1C[C@@H]2[C@H](C=C1Br)C2(C)C. The van der Waals surface area contributed by atoms with Gasteiger partial charge in [0.2, 0.25) is 0 Å². The Morgan fingerprint density at radius 3 is 2.73 bits per heavy atom. The van der Waals surface area contributed by atoms with Crippen molar-refractivity contribution in [3.05, 3.63) is 10.6 Å². The summed E-state index contributed by atoms with van der Waals surface area (Å²) >= 11 is 3.63. The summed E-state index contributed by atoms with van der Waals surface area (Å²) in [5.41, 5.74) is 0.601. The van der Waals surface area contributed by atoms with E-state index in [4.69, 9.17) is 0 Å². The smallest absolute Gasteiger partial charge is 0.00578 e. The molecule has 11 heavy (non-hydrogen) atoms. The van der Waals surface area contributed by atoms with Gasteiger partial charge >= 0.3 is 0 Å². The molecule has 0 aromatic carbocycles. The fraction of sp³-hybridized carbons (Fsp3) is 0.800. The zero-order valence-corrected chi connectivity index (χ0v) is 8.98. The van der Waals surface area contributed by atoms with E-state index in [0.717, 1.165) is 17.8 Å². The Labute approximate surface area is 77.2 Å². The van der Waals surface area contributed by atoms with Gasteiger partial charge in [0.05, 0.1) is 0 Å². The molecule has 0 spiro atoms. The lowest BCUT2D eigenvalue weighted by Crippen LogP contribution is -2.01. The fourth-order valence-corrected chi connectivity index (χ4v) is 2.87. The van der Waals surface area contributed by atoms with E-state index < -0.39 is 0 Å². The van der Waals surface area contributed by atoms with Crippen LogP contribution in [0.2, 0.25) is 0 Å². The Hall–Kier alpha value is 0.220. The van der Waals surface area contributed by atoms with E-state index in [1.54, 1.807) is 0 Å². The number of halogens is 1. The topological polar surface area (TPSA) is 0 Å². The molecule has 62 valence electrons. The Balaban J connectivity index is 2.22. The molecule has 0 nitrogen and oxygen atoms in total. The molecular formula is C10H15Br. The Morgan fingerprint density at radius 2 is 2.18 bits per heavy atom. The summed E-state index contributed by atoms with van der Waals surface area (Å²) in [6, 6.07) is 0. The predicted molar refractivity (Wildman–Crippen MR) is 51.6 cm³/mol. The largest absolute Gasteiger partial charge is 0.0701 e. The lowest BCUT2D eigenvalue weighted by atomic mass is 9.97. The molecular weight excluding hydrogens is 200 g/mol. The van der Waals surface area contributed by atoms with E-state index in [1.165, 1.54) is 10.9 Å². The third-order valence-electron chi connectivity index (χ3n) is 3.56. The van der Waals surface area contributed by atoms with Gasteiger partial charge in [0.1, 0.15) is 0 Å². The zero-order chi connectivity index (χ0) is 8.22. The summed E-state index contributed by atoms with van der Waals surface area (Å²) in [6.45, 7) is 7.08. The highest BCUT2D eigenvalue weighted by Crippen LogP contribution is 2.65. The second kappa shape index (κ2) is 2.12. The van der Waals surface area contributed by atoms with Crippen LogP contribution in [0.5, 0.6) is 0 Å². The highest BCUT2D eigenvalue weighted by Gasteiger charge is 2.57. The van der Waals surface area contributed by atoms with Crippen molar-refractivity contribution in [1.82, 2.24) is 0 Å². The fourth-order valence-electron chi connectivity index (χ4n) is 2.40. The second-order valence-electron chi connectivity index (χ2n) is 4.64. The van der Waals surface area contributed by atoms with Gasteiger partial charge in [-0.2, -0.15) is 0 Å². The van der Waals surface area contributed by atoms with Crippen molar-refractivity contribution in [2.24, 2.45) is 23.2 Å². The van der Waals surface area contributed by atoms with Crippen LogP contribution in [0.1, 0.15) is 27.2 Å². The standard InChI is InChI=1S/C10H15Br/c1-6-4-7-8(5-9(6)11)10(7,2)3/h5-8H,4H2,1-3H3/t6-,7-,8+/m1/s1. The zero-order valence-electron chi connectivity index (χ0n) is 7.39. The molecule has 0 radical (unpaired) electrons. The van der Waals surface area contributed by atoms with Crippen molar-refractivity contribution in [1.29, 1.82) is 0 Å². The van der Waals surface area contributed by atoms with Crippen LogP contribution in [-0.2, 0) is 0 Å². The van der Waals surface area contributed by atoms with Gasteiger partial charge in [-0.05, 0) is 34.1 Å². The highest BCUT2D eigenvalue weighted by atomic mass is 79.9. The first kappa shape index (κ1) is 7.85. The van der Waals surface area contributed by atoms with Crippen molar-refractivity contribution in [2.45, 2.75) is 27.2 Å². The molecule has 2 rings (SSSR count). The van der Waals surface area contributed by atoms with E-state index in [1.807, 2.05) is 0 Å². The summed E-state index contributed by atoms with van der Waals surface area (Å²) < 4.78 is 1.43. The van der Waals surface area contributed by atoms with Crippen LogP contribution in [0.25, 0.3) is 0 Å². The second-order valence-corrected chi connectivity index (χ2v) is 5.56. The van der Waals surface area contributed by atoms with Crippen LogP contribution in [0, 0.1) is 23.2 Å². The average molecular weight is 215 g/mol. The number of hydrogen-bond donors (Lipinski definition) is 0. The molecule has 0 aromatic rings. The molecule has 0 heterocycles. The lowest BCUT2D eigenvalue weighted by molar-refractivity contribution is 0.484. The minimum Gasteiger partial charge on any atom is -0.0701 e. The molecule has 2 aliphatic rings. The van der Waals surface area contributed by atoms with Gasteiger partial charge in [-0.1, -0.05) is 42.8 Å². The molecule has 0 aliphatic heterocycles. The van der Waals surface area contributed by atoms with Gasteiger partial charge < -0.3 is 0 Å². The third-order valence-corrected chi connectivity index (χ3v) is 4.60. The first-order chi connectivity index (χ1) is 5.03. The van der Waals surface area contributed by atoms with Gasteiger partial charge in [0.15, 0.2) is 0 Å². The van der Waals surface area contributed by atoms with Gasteiger partial charge in [-0.15, -0.1) is 0 Å². The minimum atomic E-state index is 0.601. The molecule has 0 amide bonds. The van der Waals surface area contributed by atoms with E-state index in [9.17, 15) is 0 Å². The van der Waals surface area contributed by atoms with Gasteiger partial charge in [-0.3, -0.25) is 0 Å². The monoisotopic (exact) mass is 214 g/mol. The first-order valence-electron chi connectivity index (χ1n) is 4.40. The van der Waals surface area contributed by atoms with Crippen molar-refractivity contribution >= 4 is 15.9 Å². The maximum atomic E-state index is 3.63. The van der Waals surface area contributed by atoms with Crippen LogP contribution in [-0.4, -0.2) is 0 Å². The Morgan fingerprint density at radius 1 is 1.55 bits per heavy atom. The number of hydrogen-bond acceptors (Lipinski definition) is 0. The van der Waals surface area contributed by atoms with Crippen LogP contribution < -0.4 is 0 Å².